The van der Waals surface area contributed by atoms with Gasteiger partial charge < -0.3 is 25.8 Å². The van der Waals surface area contributed by atoms with Gasteiger partial charge in [-0.2, -0.15) is 0 Å². The smallest absolute Gasteiger partial charge is 0.274 e. The number of primary amides is 1. The number of nitrogens with two attached hydrogens (primary N) is 1. The predicted molar refractivity (Wildman–Crippen MR) is 130 cm³/mol. The van der Waals surface area contributed by atoms with Crippen LogP contribution in [-0.4, -0.2) is 42.8 Å². The van der Waals surface area contributed by atoms with Gasteiger partial charge in [-0.25, -0.2) is 9.37 Å². The van der Waals surface area contributed by atoms with Gasteiger partial charge in [-0.3, -0.25) is 9.59 Å². The molecule has 36 heavy (non-hydrogen) atoms. The summed E-state index contributed by atoms with van der Waals surface area (Å²) in [5.74, 6) is 4.47. The van der Waals surface area contributed by atoms with Gasteiger partial charge in [0.05, 0.1) is 17.0 Å². The number of imidazole rings is 1. The maximum Gasteiger partial charge on any atom is 0.274 e. The van der Waals surface area contributed by atoms with E-state index in [0.717, 1.165) is 12.8 Å². The zero-order chi connectivity index (χ0) is 25.8. The Hall–Kier alpha value is -2.93. The van der Waals surface area contributed by atoms with Crippen LogP contribution in [-0.2, 0) is 11.8 Å². The van der Waals surface area contributed by atoms with E-state index in [4.69, 9.17) is 17.3 Å². The first-order valence-corrected chi connectivity index (χ1v) is 12.4. The second kappa shape index (κ2) is 8.87. The number of nitrogens with zero attached hydrogens (tertiary/aromatic N) is 2. The largest absolute Gasteiger partial charge is 0.378 e. The molecule has 3 aliphatic rings. The Morgan fingerprint density at radius 2 is 1.78 bits per heavy atom. The molecule has 1 aromatic heterocycles. The normalized spacial score (nSPS) is 32.8. The van der Waals surface area contributed by atoms with E-state index in [1.807, 2.05) is 0 Å². The summed E-state index contributed by atoms with van der Waals surface area (Å²) in [6.07, 6.45) is 4.52. The molecule has 10 heteroatoms. The van der Waals surface area contributed by atoms with Crippen molar-refractivity contribution in [1.29, 1.82) is 0 Å². The molecule has 0 radical (unpaired) electrons. The number of aromatic nitrogens is 2. The minimum absolute atomic E-state index is 0.0587. The van der Waals surface area contributed by atoms with Crippen molar-refractivity contribution in [2.75, 3.05) is 5.32 Å². The van der Waals surface area contributed by atoms with E-state index in [9.17, 15) is 24.2 Å². The fourth-order valence-electron chi connectivity index (χ4n) is 6.07. The highest BCUT2D eigenvalue weighted by Gasteiger charge is 2.50. The second-order valence-electron chi connectivity index (χ2n) is 10.6. The van der Waals surface area contributed by atoms with Crippen LogP contribution in [0.15, 0.2) is 24.5 Å². The number of nitrogens with one attached hydrogen (secondary N) is 1. The molecular formula is C26H28ClFN4O4. The van der Waals surface area contributed by atoms with E-state index < -0.39 is 22.9 Å². The van der Waals surface area contributed by atoms with E-state index >= 15 is 0 Å². The summed E-state index contributed by atoms with van der Waals surface area (Å²) in [5, 5.41) is 24.2. The molecule has 0 aliphatic heterocycles. The van der Waals surface area contributed by atoms with Gasteiger partial charge in [-0.05, 0) is 68.6 Å². The number of benzene rings is 1. The number of amides is 2. The lowest BCUT2D eigenvalue weighted by molar-refractivity contribution is -0.131. The topological polar surface area (TPSA) is 130 Å². The fraction of sp³-hybridized carbons (Fsp3) is 0.500. The van der Waals surface area contributed by atoms with Gasteiger partial charge in [0.2, 0.25) is 5.91 Å². The van der Waals surface area contributed by atoms with E-state index in [1.54, 1.807) is 17.9 Å². The predicted octanol–water partition coefficient (Wildman–Crippen LogP) is 2.73. The van der Waals surface area contributed by atoms with Crippen LogP contribution in [0.5, 0.6) is 0 Å². The molecule has 8 nitrogen and oxygen atoms in total. The highest BCUT2D eigenvalue weighted by molar-refractivity contribution is 6.31. The molecule has 0 bridgehead atoms. The lowest BCUT2D eigenvalue weighted by Crippen LogP contribution is -2.48. The zero-order valence-corrected chi connectivity index (χ0v) is 20.6. The summed E-state index contributed by atoms with van der Waals surface area (Å²) in [7, 11) is 1.75. The number of carbonyl (C=O) groups excluding carboxylic acids is 2. The van der Waals surface area contributed by atoms with Crippen LogP contribution in [0.2, 0.25) is 5.02 Å². The van der Waals surface area contributed by atoms with Crippen molar-refractivity contribution in [2.45, 2.75) is 55.6 Å². The Balaban J connectivity index is 1.25. The van der Waals surface area contributed by atoms with Gasteiger partial charge in [-0.15, -0.1) is 0 Å². The third kappa shape index (κ3) is 4.61. The molecule has 3 fully saturated rings. The van der Waals surface area contributed by atoms with Crippen molar-refractivity contribution in [2.24, 2.45) is 30.5 Å². The number of carbonyl (C=O) groups is 2. The van der Waals surface area contributed by atoms with Crippen LogP contribution < -0.4 is 11.1 Å². The van der Waals surface area contributed by atoms with Crippen LogP contribution in [0.1, 0.15) is 60.6 Å². The number of aliphatic hydroxyl groups is 2. The molecular weight excluding hydrogens is 487 g/mol. The molecule has 5 rings (SSSR count). The average molecular weight is 515 g/mol. The van der Waals surface area contributed by atoms with Gasteiger partial charge in [-0.1, -0.05) is 23.4 Å². The Kier molecular flexibility index (Phi) is 6.10. The van der Waals surface area contributed by atoms with E-state index in [2.05, 4.69) is 22.1 Å². The van der Waals surface area contributed by atoms with Crippen molar-refractivity contribution in [3.05, 3.63) is 46.8 Å². The highest BCUT2D eigenvalue weighted by Crippen LogP contribution is 2.54. The van der Waals surface area contributed by atoms with E-state index in [-0.39, 0.29) is 47.4 Å². The fourth-order valence-corrected chi connectivity index (χ4v) is 6.25. The minimum atomic E-state index is -1.26. The molecule has 2 amide bonds. The third-order valence-corrected chi connectivity index (χ3v) is 8.17. The van der Waals surface area contributed by atoms with E-state index in [1.165, 1.54) is 18.2 Å². The number of fused-ring (bicyclic) bond motifs is 1. The molecule has 3 saturated carbocycles. The first kappa shape index (κ1) is 24.8. The summed E-state index contributed by atoms with van der Waals surface area (Å²) in [5.41, 5.74) is 4.35. The summed E-state index contributed by atoms with van der Waals surface area (Å²) in [6, 6.07) is 4.01. The van der Waals surface area contributed by atoms with Crippen LogP contribution in [0.3, 0.4) is 0 Å². The Bertz CT molecular complexity index is 1280. The Morgan fingerprint density at radius 3 is 2.36 bits per heavy atom. The molecule has 5 N–H and O–H groups in total. The molecule has 0 saturated heterocycles. The zero-order valence-electron chi connectivity index (χ0n) is 19.8. The van der Waals surface area contributed by atoms with Crippen molar-refractivity contribution in [3.63, 3.8) is 0 Å². The van der Waals surface area contributed by atoms with Crippen molar-refractivity contribution < 1.29 is 24.2 Å². The van der Waals surface area contributed by atoms with Gasteiger partial charge in [0, 0.05) is 24.6 Å². The number of aryl methyl sites for hydroxylation is 1. The molecule has 190 valence electrons. The number of rotatable bonds is 4. The number of anilines is 1. The monoisotopic (exact) mass is 514 g/mol. The Labute approximate surface area is 213 Å². The van der Waals surface area contributed by atoms with Crippen LogP contribution in [0, 0.1) is 35.4 Å². The molecule has 1 heterocycles. The lowest BCUT2D eigenvalue weighted by Gasteiger charge is -2.38. The molecule has 1 aromatic carbocycles. The standard InChI is InChI=1S/C26H28ClFN4O4/c1-32-13-30-21(22(32)24(34)31-18-2-3-20(28)19(27)8-18)14-6-15-9-25(35,10-16(15)7-14)4-5-26(36)11-17(12-26)23(29)33/h2-3,8,13-17,35-36H,6-7,9-12H2,1H3,(H2,29,33)(H,31,34). The van der Waals surface area contributed by atoms with Gasteiger partial charge in [0.1, 0.15) is 22.7 Å². The maximum atomic E-state index is 13.5. The summed E-state index contributed by atoms with van der Waals surface area (Å²) in [4.78, 5) is 28.8. The molecule has 2 atom stereocenters. The number of hydrogen-bond acceptors (Lipinski definition) is 5. The Morgan fingerprint density at radius 1 is 1.17 bits per heavy atom. The lowest BCUT2D eigenvalue weighted by atomic mass is 9.70. The first-order chi connectivity index (χ1) is 17.0. The van der Waals surface area contributed by atoms with E-state index in [0.29, 0.717) is 29.9 Å². The SMILES string of the molecule is Cn1cnc(C2CC3CC(O)(C#CC4(O)CC(C(N)=O)C4)CC3C2)c1C(=O)Nc1ccc(F)c(Cl)c1. The third-order valence-electron chi connectivity index (χ3n) is 7.88. The quantitative estimate of drug-likeness (QED) is 0.466. The molecule has 2 aromatic rings. The van der Waals surface area contributed by atoms with Crippen molar-refractivity contribution >= 4 is 29.1 Å². The van der Waals surface area contributed by atoms with Gasteiger partial charge in [0.25, 0.3) is 5.91 Å². The number of hydrogen-bond donors (Lipinski definition) is 4. The number of halogens is 2. The summed E-state index contributed by atoms with van der Waals surface area (Å²) in [6.45, 7) is 0. The van der Waals surface area contributed by atoms with Crippen LogP contribution >= 0.6 is 11.6 Å². The molecule has 0 spiro atoms. The molecule has 2 unspecified atom stereocenters. The highest BCUT2D eigenvalue weighted by atomic mass is 35.5. The van der Waals surface area contributed by atoms with Gasteiger partial charge in [0.15, 0.2) is 0 Å². The second-order valence-corrected chi connectivity index (χ2v) is 11.0. The summed E-state index contributed by atoms with van der Waals surface area (Å²) < 4.78 is 15.1. The van der Waals surface area contributed by atoms with Gasteiger partial charge >= 0.3 is 0 Å². The minimum Gasteiger partial charge on any atom is -0.378 e. The summed E-state index contributed by atoms with van der Waals surface area (Å²) >= 11 is 5.84. The first-order valence-electron chi connectivity index (χ1n) is 12.0. The maximum absolute atomic E-state index is 13.5. The van der Waals surface area contributed by atoms with Crippen molar-refractivity contribution in [1.82, 2.24) is 9.55 Å². The van der Waals surface area contributed by atoms with Crippen LogP contribution in [0.25, 0.3) is 0 Å². The van der Waals surface area contributed by atoms with Crippen LogP contribution in [0.4, 0.5) is 10.1 Å². The average Bonchev–Trinajstić information content (AvgIpc) is 3.43. The van der Waals surface area contributed by atoms with Crippen molar-refractivity contribution in [3.8, 4) is 11.8 Å². The molecule has 3 aliphatic carbocycles.